The van der Waals surface area contributed by atoms with E-state index in [-0.39, 0.29) is 56.2 Å². The van der Waals surface area contributed by atoms with Crippen LogP contribution in [0.2, 0.25) is 0 Å². The summed E-state index contributed by atoms with van der Waals surface area (Å²) >= 11 is 0. The minimum absolute atomic E-state index is 0.00497. The van der Waals surface area contributed by atoms with Crippen molar-refractivity contribution < 1.29 is 57.6 Å². The molecule has 5 aromatic rings. The molecule has 20 heteroatoms. The van der Waals surface area contributed by atoms with Gasteiger partial charge in [0.25, 0.3) is 0 Å². The zero-order valence-electron chi connectivity index (χ0n) is 45.6. The van der Waals surface area contributed by atoms with Crippen LogP contribution in [0.1, 0.15) is 95.7 Å². The van der Waals surface area contributed by atoms with Crippen molar-refractivity contribution in [1.82, 2.24) is 25.8 Å². The van der Waals surface area contributed by atoms with Gasteiger partial charge in [-0.1, -0.05) is 48.9 Å². The van der Waals surface area contributed by atoms with E-state index in [9.17, 15) is 33.9 Å². The number of carbonyl (C=O) groups excluding carboxylic acids is 6. The molecule has 0 spiro atoms. The summed E-state index contributed by atoms with van der Waals surface area (Å²) in [5.74, 6) is -1.64. The Balaban J connectivity index is 1.14. The number of nitrogens with zero attached hydrogens (tertiary/aromatic N) is 3. The number of allylic oxidation sites excluding steroid dienone is 2. The van der Waals surface area contributed by atoms with Gasteiger partial charge in [0, 0.05) is 74.1 Å². The Labute approximate surface area is 454 Å². The predicted molar refractivity (Wildman–Crippen MR) is 294 cm³/mol. The molecule has 416 valence electrons. The van der Waals surface area contributed by atoms with Crippen molar-refractivity contribution in [2.75, 3.05) is 47.3 Å². The SMILES string of the molecule is COc1ccc(N=Nc2cc(OC)c(OC)c(OC)c2)c(NC(=O)CCC(=O)NCCCC[C@@H]2NC(=O)[C@@H](C)C/C(C)=C/CC[C@H](C)OC(=O)C[C@H](c3ccc(O)cc3)NC(=O)[C@@H](Cc3c[nH]c4ccccc34)N(C)C2=O)c1. The number of hydrogen-bond acceptors (Lipinski definition) is 14. The topological polar surface area (TPSA) is 261 Å². The molecule has 0 radical (unpaired) electrons. The zero-order valence-corrected chi connectivity index (χ0v) is 45.6. The minimum atomic E-state index is -1.12. The van der Waals surface area contributed by atoms with E-state index in [0.29, 0.717) is 77.7 Å². The summed E-state index contributed by atoms with van der Waals surface area (Å²) in [5.41, 5.74) is 4.13. The van der Waals surface area contributed by atoms with Crippen LogP contribution in [0.15, 0.2) is 107 Å². The van der Waals surface area contributed by atoms with E-state index in [4.69, 9.17) is 23.7 Å². The van der Waals surface area contributed by atoms with Crippen molar-refractivity contribution in [2.45, 2.75) is 109 Å². The molecule has 0 bridgehead atoms. The number of ether oxygens (including phenoxy) is 5. The summed E-state index contributed by atoms with van der Waals surface area (Å²) in [7, 11) is 7.48. The third-order valence-corrected chi connectivity index (χ3v) is 13.5. The Bertz CT molecular complexity index is 2930. The number of hydrogen-bond donors (Lipinski definition) is 6. The number of likely N-dealkylation sites (N-methyl/N-ethyl adjacent to an activating group) is 1. The van der Waals surface area contributed by atoms with Crippen molar-refractivity contribution in [3.8, 4) is 28.7 Å². The molecule has 2 heterocycles. The number of esters is 1. The molecule has 0 unspecified atom stereocenters. The number of nitrogens with one attached hydrogen (secondary N) is 5. The fraction of sp³-hybridized carbons (Fsp3) is 0.414. The van der Waals surface area contributed by atoms with Crippen LogP contribution in [0.25, 0.3) is 10.9 Å². The number of anilines is 1. The molecule has 0 saturated carbocycles. The highest BCUT2D eigenvalue weighted by Crippen LogP contribution is 2.42. The lowest BCUT2D eigenvalue weighted by Crippen LogP contribution is -2.56. The molecule has 0 saturated heterocycles. The van der Waals surface area contributed by atoms with Gasteiger partial charge in [0.05, 0.1) is 58.4 Å². The maximum Gasteiger partial charge on any atom is 0.308 e. The minimum Gasteiger partial charge on any atom is -0.508 e. The van der Waals surface area contributed by atoms with Gasteiger partial charge in [0.2, 0.25) is 35.3 Å². The second kappa shape index (κ2) is 28.6. The molecule has 20 nitrogen and oxygen atoms in total. The number of aromatic amines is 1. The van der Waals surface area contributed by atoms with Gasteiger partial charge >= 0.3 is 5.97 Å². The molecular formula is C58H72N8O12. The van der Waals surface area contributed by atoms with Crippen LogP contribution in [0.3, 0.4) is 0 Å². The molecule has 6 N–H and O–H groups in total. The predicted octanol–water partition coefficient (Wildman–Crippen LogP) is 8.83. The van der Waals surface area contributed by atoms with Crippen LogP contribution in [-0.4, -0.2) is 111 Å². The number of H-pyrrole nitrogens is 1. The molecule has 6 rings (SSSR count). The molecule has 5 amide bonds. The van der Waals surface area contributed by atoms with Crippen LogP contribution in [-0.2, 0) is 39.9 Å². The average Bonchev–Trinajstić information content (AvgIpc) is 3.84. The average molecular weight is 1070 g/mol. The number of unbranched alkanes of at least 4 members (excludes halogenated alkanes) is 1. The highest BCUT2D eigenvalue weighted by atomic mass is 16.5. The smallest absolute Gasteiger partial charge is 0.308 e. The lowest BCUT2D eigenvalue weighted by atomic mass is 9.98. The first kappa shape index (κ1) is 58.8. The standard InChI is InChI=1S/C58H72N8O12/c1-35-14-13-15-37(3)78-54(70)33-47(38-19-21-41(67)22-20-38)63-57(72)49(29-39-34-60-44-17-10-9-16-43(39)44)66(4)58(73)46(62-56(71)36(2)28-35)18-11-12-27-59-52(68)25-26-53(69)61-48-32-42(74-5)23-24-45(48)65-64-40-30-50(75-6)55(77-8)51(31-40)76-7/h9-10,14,16-17,19-24,30-32,34,36-37,46-47,49,60,67H,11-13,15,18,25-29,33H2,1-8H3,(H,59,68)(H,61,69)(H,62,71)(H,63,72)/b35-14+,65-64?/t36-,37-,46-,47+,49+/m0/s1. The zero-order chi connectivity index (χ0) is 56.3. The molecular weight excluding hydrogens is 1000 g/mol. The number of aromatic nitrogens is 1. The van der Waals surface area contributed by atoms with E-state index in [1.165, 1.54) is 52.5 Å². The number of phenols is 1. The monoisotopic (exact) mass is 1070 g/mol. The highest BCUT2D eigenvalue weighted by Gasteiger charge is 2.35. The van der Waals surface area contributed by atoms with Gasteiger partial charge in [-0.2, -0.15) is 5.11 Å². The maximum atomic E-state index is 14.9. The Morgan fingerprint density at radius 3 is 2.24 bits per heavy atom. The highest BCUT2D eigenvalue weighted by molar-refractivity contribution is 5.96. The quantitative estimate of drug-likeness (QED) is 0.0208. The number of carbonyl (C=O) groups is 6. The van der Waals surface area contributed by atoms with Crippen molar-refractivity contribution in [2.24, 2.45) is 16.1 Å². The summed E-state index contributed by atoms with van der Waals surface area (Å²) < 4.78 is 27.4. The Morgan fingerprint density at radius 2 is 1.54 bits per heavy atom. The van der Waals surface area contributed by atoms with Gasteiger partial charge in [-0.05, 0) is 93.8 Å². The lowest BCUT2D eigenvalue weighted by Gasteiger charge is -2.32. The van der Waals surface area contributed by atoms with Crippen molar-refractivity contribution in [1.29, 1.82) is 0 Å². The summed E-state index contributed by atoms with van der Waals surface area (Å²) in [6.07, 6.45) is 5.49. The first-order chi connectivity index (χ1) is 37.5. The fourth-order valence-corrected chi connectivity index (χ4v) is 9.13. The molecule has 4 aromatic carbocycles. The van der Waals surface area contributed by atoms with Crippen molar-refractivity contribution in [3.63, 3.8) is 0 Å². The molecule has 1 aromatic heterocycles. The molecule has 5 atom stereocenters. The first-order valence-electron chi connectivity index (χ1n) is 26.0. The first-order valence-corrected chi connectivity index (χ1v) is 26.0. The maximum absolute atomic E-state index is 14.9. The summed E-state index contributed by atoms with van der Waals surface area (Å²) in [5, 5.41) is 31.3. The molecule has 0 aliphatic carbocycles. The third kappa shape index (κ3) is 16.5. The number of phenolic OH excluding ortho intramolecular Hbond substituents is 1. The van der Waals surface area contributed by atoms with Gasteiger partial charge in [-0.15, -0.1) is 5.11 Å². The number of cyclic esters (lactones) is 1. The number of rotatable bonds is 18. The Hall–Kier alpha value is -8.42. The third-order valence-electron chi connectivity index (χ3n) is 13.5. The molecule has 1 aliphatic rings. The second-order valence-electron chi connectivity index (χ2n) is 19.3. The van der Waals surface area contributed by atoms with Crippen LogP contribution in [0.5, 0.6) is 28.7 Å². The van der Waals surface area contributed by atoms with Crippen LogP contribution in [0, 0.1) is 5.92 Å². The number of methoxy groups -OCH3 is 4. The number of benzene rings is 4. The molecule has 0 fully saturated rings. The van der Waals surface area contributed by atoms with E-state index in [1.807, 2.05) is 37.3 Å². The van der Waals surface area contributed by atoms with Gasteiger partial charge in [-0.3, -0.25) is 28.8 Å². The lowest BCUT2D eigenvalue weighted by molar-refractivity contribution is -0.149. The Kier molecular flexibility index (Phi) is 21.6. The van der Waals surface area contributed by atoms with Gasteiger partial charge < -0.3 is 59.9 Å². The summed E-state index contributed by atoms with van der Waals surface area (Å²) in [6, 6.07) is 18.8. The van der Waals surface area contributed by atoms with Gasteiger partial charge in [0.15, 0.2) is 11.5 Å². The van der Waals surface area contributed by atoms with E-state index < -0.39 is 53.8 Å². The van der Waals surface area contributed by atoms with Gasteiger partial charge in [-0.25, -0.2) is 0 Å². The van der Waals surface area contributed by atoms with E-state index in [2.05, 4.69) is 36.5 Å². The van der Waals surface area contributed by atoms with Crippen molar-refractivity contribution in [3.05, 3.63) is 108 Å². The number of para-hydroxylation sites is 1. The number of amides is 5. The van der Waals surface area contributed by atoms with E-state index >= 15 is 0 Å². The van der Waals surface area contributed by atoms with Gasteiger partial charge in [0.1, 0.15) is 29.3 Å². The van der Waals surface area contributed by atoms with E-state index in [1.54, 1.807) is 62.5 Å². The normalized spacial score (nSPS) is 19.8. The van der Waals surface area contributed by atoms with Crippen LogP contribution < -0.4 is 40.2 Å². The largest absolute Gasteiger partial charge is 0.508 e. The van der Waals surface area contributed by atoms with Crippen LogP contribution in [0.4, 0.5) is 17.1 Å². The Morgan fingerprint density at radius 1 is 0.821 bits per heavy atom. The van der Waals surface area contributed by atoms with Crippen molar-refractivity contribution >= 4 is 63.5 Å². The summed E-state index contributed by atoms with van der Waals surface area (Å²) in [4.78, 5) is 88.0. The van der Waals surface area contributed by atoms with Crippen LogP contribution >= 0.6 is 0 Å². The summed E-state index contributed by atoms with van der Waals surface area (Å²) in [6.45, 7) is 5.75. The number of azo groups is 1. The molecule has 1 aliphatic heterocycles. The molecule has 78 heavy (non-hydrogen) atoms. The fourth-order valence-electron chi connectivity index (χ4n) is 9.13. The number of aromatic hydroxyl groups is 1. The second-order valence-corrected chi connectivity index (χ2v) is 19.3. The number of fused-ring (bicyclic) bond motifs is 1. The van der Waals surface area contributed by atoms with E-state index in [0.717, 1.165) is 22.0 Å².